The quantitative estimate of drug-likeness (QED) is 0.811. The van der Waals surface area contributed by atoms with Crippen molar-refractivity contribution < 1.29 is 4.74 Å². The predicted molar refractivity (Wildman–Crippen MR) is 68.8 cm³/mol. The zero-order valence-electron chi connectivity index (χ0n) is 9.69. The van der Waals surface area contributed by atoms with Crippen LogP contribution in [0.2, 0.25) is 0 Å². The highest BCUT2D eigenvalue weighted by molar-refractivity contribution is 9.10. The predicted octanol–water partition coefficient (Wildman–Crippen LogP) is 3.20. The normalized spacial score (nSPS) is 20.9. The van der Waals surface area contributed by atoms with Gasteiger partial charge in [-0.05, 0) is 53.7 Å². The Kier molecular flexibility index (Phi) is 2.88. The van der Waals surface area contributed by atoms with Crippen molar-refractivity contribution in [3.63, 3.8) is 0 Å². The minimum Gasteiger partial charge on any atom is -0.356 e. The van der Waals surface area contributed by atoms with Crippen LogP contribution in [0.3, 0.4) is 0 Å². The summed E-state index contributed by atoms with van der Waals surface area (Å²) in [5.41, 5.74) is 3.13. The Morgan fingerprint density at radius 2 is 2.29 bits per heavy atom. The highest BCUT2D eigenvalue weighted by Crippen LogP contribution is 2.29. The van der Waals surface area contributed by atoms with E-state index in [0.29, 0.717) is 0 Å². The lowest BCUT2D eigenvalue weighted by atomic mass is 10.2. The second-order valence-electron chi connectivity index (χ2n) is 4.42. The zero-order valence-corrected chi connectivity index (χ0v) is 11.3. The Bertz CT molecular complexity index is 546. The van der Waals surface area contributed by atoms with E-state index in [1.165, 1.54) is 12.0 Å². The number of aromatic nitrogens is 3. The number of rotatable bonds is 1. The van der Waals surface area contributed by atoms with Crippen molar-refractivity contribution in [3.8, 4) is 0 Å². The van der Waals surface area contributed by atoms with Gasteiger partial charge >= 0.3 is 0 Å². The molecule has 1 aliphatic heterocycles. The van der Waals surface area contributed by atoms with Gasteiger partial charge in [0.15, 0.2) is 6.23 Å². The second-order valence-corrected chi connectivity index (χ2v) is 5.21. The van der Waals surface area contributed by atoms with Crippen LogP contribution < -0.4 is 0 Å². The van der Waals surface area contributed by atoms with Crippen molar-refractivity contribution >= 4 is 27.0 Å². The van der Waals surface area contributed by atoms with E-state index in [9.17, 15) is 0 Å². The van der Waals surface area contributed by atoms with Gasteiger partial charge < -0.3 is 4.74 Å². The molecule has 3 rings (SSSR count). The molecule has 1 saturated heterocycles. The number of halogens is 1. The van der Waals surface area contributed by atoms with Gasteiger partial charge in [-0.15, -0.1) is 5.10 Å². The van der Waals surface area contributed by atoms with Gasteiger partial charge in [-0.25, -0.2) is 4.68 Å². The molecule has 0 saturated carbocycles. The molecule has 0 spiro atoms. The van der Waals surface area contributed by atoms with Crippen molar-refractivity contribution in [2.45, 2.75) is 32.4 Å². The summed E-state index contributed by atoms with van der Waals surface area (Å²) in [6.07, 6.45) is 3.40. The molecule has 1 unspecified atom stereocenters. The number of hydrogen-bond donors (Lipinski definition) is 0. The lowest BCUT2D eigenvalue weighted by molar-refractivity contribution is -0.0377. The molecular formula is C12H14BrN3O. The molecule has 17 heavy (non-hydrogen) atoms. The van der Waals surface area contributed by atoms with Crippen molar-refractivity contribution in [1.82, 2.24) is 15.0 Å². The third-order valence-electron chi connectivity index (χ3n) is 3.20. The molecule has 1 aromatic carbocycles. The van der Waals surface area contributed by atoms with Gasteiger partial charge in [0.2, 0.25) is 0 Å². The van der Waals surface area contributed by atoms with E-state index in [1.54, 1.807) is 0 Å². The number of ether oxygens (including phenoxy) is 1. The average molecular weight is 296 g/mol. The van der Waals surface area contributed by atoms with Gasteiger partial charge in [0, 0.05) is 6.61 Å². The maximum atomic E-state index is 5.75. The fraction of sp³-hybridized carbons (Fsp3) is 0.500. The number of aryl methyl sites for hydroxylation is 1. The average Bonchev–Trinajstić information content (AvgIpc) is 2.79. The fourth-order valence-corrected chi connectivity index (χ4v) is 2.62. The topological polar surface area (TPSA) is 39.9 Å². The van der Waals surface area contributed by atoms with Crippen LogP contribution in [0, 0.1) is 6.92 Å². The first kappa shape index (κ1) is 11.2. The van der Waals surface area contributed by atoms with E-state index in [1.807, 2.05) is 4.68 Å². The zero-order chi connectivity index (χ0) is 11.8. The number of nitrogens with zero attached hydrogens (tertiary/aromatic N) is 3. The summed E-state index contributed by atoms with van der Waals surface area (Å²) in [7, 11) is 0. The Balaban J connectivity index is 2.08. The van der Waals surface area contributed by atoms with Crippen molar-refractivity contribution in [3.05, 3.63) is 22.2 Å². The van der Waals surface area contributed by atoms with Gasteiger partial charge in [0.25, 0.3) is 0 Å². The lowest BCUT2D eigenvalue weighted by Gasteiger charge is -2.22. The summed E-state index contributed by atoms with van der Waals surface area (Å²) in [4.78, 5) is 0. The monoisotopic (exact) mass is 295 g/mol. The first-order valence-corrected chi connectivity index (χ1v) is 6.68. The molecule has 0 amide bonds. The second kappa shape index (κ2) is 4.38. The van der Waals surface area contributed by atoms with Crippen LogP contribution in [0.5, 0.6) is 0 Å². The van der Waals surface area contributed by atoms with Gasteiger partial charge in [-0.2, -0.15) is 0 Å². The minimum atomic E-state index is 0.0448. The summed E-state index contributed by atoms with van der Waals surface area (Å²) < 4.78 is 8.67. The molecule has 4 nitrogen and oxygen atoms in total. The molecule has 1 atom stereocenters. The van der Waals surface area contributed by atoms with Gasteiger partial charge in [-0.1, -0.05) is 11.3 Å². The molecular weight excluding hydrogens is 282 g/mol. The molecule has 1 fully saturated rings. The van der Waals surface area contributed by atoms with Crippen molar-refractivity contribution in [2.75, 3.05) is 6.61 Å². The van der Waals surface area contributed by atoms with E-state index >= 15 is 0 Å². The standard InChI is InChI=1S/C12H14BrN3O/c1-8-5-6-9-12(11(8)13)14-15-16(9)10-4-2-3-7-17-10/h5-6,10H,2-4,7H2,1H3. The molecule has 2 heterocycles. The Morgan fingerprint density at radius 1 is 1.41 bits per heavy atom. The molecule has 1 aliphatic rings. The summed E-state index contributed by atoms with van der Waals surface area (Å²) in [5, 5.41) is 8.47. The van der Waals surface area contributed by atoms with E-state index in [-0.39, 0.29) is 6.23 Å². The summed E-state index contributed by atoms with van der Waals surface area (Å²) in [6.45, 7) is 2.87. The van der Waals surface area contributed by atoms with Crippen LogP contribution in [-0.2, 0) is 4.74 Å². The van der Waals surface area contributed by atoms with E-state index in [4.69, 9.17) is 4.74 Å². The molecule has 1 aromatic heterocycles. The molecule has 2 aromatic rings. The smallest absolute Gasteiger partial charge is 0.152 e. The molecule has 0 radical (unpaired) electrons. The summed E-state index contributed by atoms with van der Waals surface area (Å²) >= 11 is 3.56. The van der Waals surface area contributed by atoms with Crippen LogP contribution in [0.25, 0.3) is 11.0 Å². The maximum absolute atomic E-state index is 5.75. The Hall–Kier alpha value is -0.940. The van der Waals surface area contributed by atoms with Gasteiger partial charge in [0.05, 0.1) is 9.99 Å². The third-order valence-corrected chi connectivity index (χ3v) is 4.21. The van der Waals surface area contributed by atoms with E-state index < -0.39 is 0 Å². The number of hydrogen-bond acceptors (Lipinski definition) is 3. The molecule has 0 bridgehead atoms. The Labute approximate surface area is 108 Å². The van der Waals surface area contributed by atoms with Crippen molar-refractivity contribution in [2.24, 2.45) is 0 Å². The van der Waals surface area contributed by atoms with E-state index in [2.05, 4.69) is 45.3 Å². The highest BCUT2D eigenvalue weighted by atomic mass is 79.9. The number of fused-ring (bicyclic) bond motifs is 1. The summed E-state index contributed by atoms with van der Waals surface area (Å²) in [6, 6.07) is 4.14. The van der Waals surface area contributed by atoms with Gasteiger partial charge in [-0.3, -0.25) is 0 Å². The number of benzene rings is 1. The fourth-order valence-electron chi connectivity index (χ4n) is 2.21. The molecule has 0 aliphatic carbocycles. The SMILES string of the molecule is Cc1ccc2c(nnn2C2CCCCO2)c1Br. The van der Waals surface area contributed by atoms with Crippen LogP contribution >= 0.6 is 15.9 Å². The first-order valence-electron chi connectivity index (χ1n) is 5.89. The summed E-state index contributed by atoms with van der Waals surface area (Å²) in [5.74, 6) is 0. The lowest BCUT2D eigenvalue weighted by Crippen LogP contribution is -2.19. The minimum absolute atomic E-state index is 0.0448. The Morgan fingerprint density at radius 3 is 3.06 bits per heavy atom. The first-order chi connectivity index (χ1) is 8.27. The maximum Gasteiger partial charge on any atom is 0.152 e. The highest BCUT2D eigenvalue weighted by Gasteiger charge is 2.20. The van der Waals surface area contributed by atoms with Crippen LogP contribution in [0.4, 0.5) is 0 Å². The van der Waals surface area contributed by atoms with Crippen molar-refractivity contribution in [1.29, 1.82) is 0 Å². The van der Waals surface area contributed by atoms with Gasteiger partial charge in [0.1, 0.15) is 5.52 Å². The van der Waals surface area contributed by atoms with Crippen LogP contribution in [-0.4, -0.2) is 21.6 Å². The molecule has 90 valence electrons. The molecule has 0 N–H and O–H groups in total. The largest absolute Gasteiger partial charge is 0.356 e. The van der Waals surface area contributed by atoms with E-state index in [0.717, 1.165) is 35.0 Å². The molecule has 5 heteroatoms. The van der Waals surface area contributed by atoms with Crippen LogP contribution in [0.15, 0.2) is 16.6 Å². The van der Waals surface area contributed by atoms with Crippen LogP contribution in [0.1, 0.15) is 31.1 Å². The third kappa shape index (κ3) is 1.87.